The third kappa shape index (κ3) is 6.73. The van der Waals surface area contributed by atoms with Gasteiger partial charge >= 0.3 is 29.8 Å². The first-order chi connectivity index (χ1) is 19.2. The van der Waals surface area contributed by atoms with Crippen molar-refractivity contribution in [1.29, 1.82) is 0 Å². The number of esters is 1. The number of aromatic hydroxyl groups is 4. The smallest absolute Gasteiger partial charge is 0.345 e. The summed E-state index contributed by atoms with van der Waals surface area (Å²) in [7, 11) is 0. The molecule has 0 radical (unpaired) electrons. The molecule has 14 nitrogen and oxygen atoms in total. The van der Waals surface area contributed by atoms with Gasteiger partial charge in [0.25, 0.3) is 0 Å². The Bertz CT molecular complexity index is 1460. The number of carboxylic acid groups (broad SMARTS) is 4. The molecule has 0 unspecified atom stereocenters. The van der Waals surface area contributed by atoms with Gasteiger partial charge in [0.15, 0.2) is 23.0 Å². The number of hydrogen-bond acceptors (Lipinski definition) is 10. The number of carboxylic acids is 4. The Kier molecular flexibility index (Phi) is 8.87. The number of aliphatic carboxylic acids is 4. The largest absolute Gasteiger partial charge is 0.504 e. The first-order valence-electron chi connectivity index (χ1n) is 11.8. The van der Waals surface area contributed by atoms with Crippen LogP contribution in [-0.4, -0.2) is 76.8 Å². The second kappa shape index (κ2) is 12.1. The molecule has 2 aromatic carbocycles. The Hall–Kier alpha value is -5.53. The lowest BCUT2D eigenvalue weighted by molar-refractivity contribution is -0.160. The van der Waals surface area contributed by atoms with E-state index in [0.29, 0.717) is 6.08 Å². The molecule has 216 valence electrons. The van der Waals surface area contributed by atoms with Gasteiger partial charge in [0.2, 0.25) is 6.10 Å². The van der Waals surface area contributed by atoms with Crippen LogP contribution in [0.1, 0.15) is 17.0 Å². The van der Waals surface area contributed by atoms with Crippen molar-refractivity contribution >= 4 is 29.8 Å². The SMILES string of the molecule is O=C(C=CC1=C[C@@H](C(=O)O)[C@H](c2ccc(O)c(O)c2)[C@@H](C(=O)O)[C@H]1C(=O)O)O[C@H](Cc1ccc(O)c(O)c1)C(=O)O. The zero-order valence-electron chi connectivity index (χ0n) is 20.8. The number of carbonyl (C=O) groups is 5. The second-order valence-corrected chi connectivity index (χ2v) is 9.11. The summed E-state index contributed by atoms with van der Waals surface area (Å²) in [4.78, 5) is 60.7. The molecule has 3 rings (SSSR count). The van der Waals surface area contributed by atoms with Gasteiger partial charge in [-0.3, -0.25) is 14.4 Å². The minimum atomic E-state index is -1.91. The van der Waals surface area contributed by atoms with Crippen LogP contribution in [0.25, 0.3) is 0 Å². The third-order valence-corrected chi connectivity index (χ3v) is 6.49. The molecule has 8 N–H and O–H groups in total. The highest BCUT2D eigenvalue weighted by Gasteiger charge is 2.50. The quantitative estimate of drug-likeness (QED) is 0.114. The fourth-order valence-corrected chi connectivity index (χ4v) is 4.62. The van der Waals surface area contributed by atoms with Crippen molar-refractivity contribution in [3.05, 3.63) is 71.3 Å². The van der Waals surface area contributed by atoms with Crippen molar-refractivity contribution in [2.45, 2.75) is 18.4 Å². The predicted octanol–water partition coefficient (Wildman–Crippen LogP) is 1.43. The van der Waals surface area contributed by atoms with Crippen molar-refractivity contribution in [3.8, 4) is 23.0 Å². The molecular formula is C27H24O14. The van der Waals surface area contributed by atoms with Crippen molar-refractivity contribution in [1.82, 2.24) is 0 Å². The van der Waals surface area contributed by atoms with Crippen LogP contribution in [0.4, 0.5) is 0 Å². The average molecular weight is 572 g/mol. The maximum Gasteiger partial charge on any atom is 0.345 e. The summed E-state index contributed by atoms with van der Waals surface area (Å²) in [6.07, 6.45) is 0.176. The first-order valence-corrected chi connectivity index (χ1v) is 11.8. The fourth-order valence-electron chi connectivity index (χ4n) is 4.62. The van der Waals surface area contributed by atoms with Gasteiger partial charge in [0, 0.05) is 18.4 Å². The van der Waals surface area contributed by atoms with Crippen molar-refractivity contribution in [2.24, 2.45) is 17.8 Å². The summed E-state index contributed by atoms with van der Waals surface area (Å²) >= 11 is 0. The lowest BCUT2D eigenvalue weighted by Crippen LogP contribution is -2.43. The van der Waals surface area contributed by atoms with Crippen molar-refractivity contribution in [2.75, 3.05) is 0 Å². The molecule has 41 heavy (non-hydrogen) atoms. The van der Waals surface area contributed by atoms with E-state index in [1.165, 1.54) is 6.07 Å². The summed E-state index contributed by atoms with van der Waals surface area (Å²) in [5.74, 6) is -17.0. The Morgan fingerprint density at radius 2 is 1.39 bits per heavy atom. The number of phenolic OH excluding ortho intramolecular Hbond substituents is 4. The summed E-state index contributed by atoms with van der Waals surface area (Å²) in [6.45, 7) is 0. The lowest BCUT2D eigenvalue weighted by Gasteiger charge is -2.36. The van der Waals surface area contributed by atoms with Gasteiger partial charge in [-0.25, -0.2) is 9.59 Å². The number of ether oxygens (including phenoxy) is 1. The number of carbonyl (C=O) groups excluding carboxylic acids is 1. The standard InChI is InChI=1S/C27H24O14/c28-15-4-1-11(7-17(15)30)8-19(25(35)36)41-20(32)6-3-12-9-14(24(33)34)21(13-2-5-16(29)18(31)10-13)23(27(39)40)22(12)26(37)38/h1-7,9-10,14,19,21-23,28-31H,8H2,(H,33,34)(H,35,36)(H,37,38)(H,39,40)/t14-,19-,21+,22+,23-/m1/s1. The van der Waals surface area contributed by atoms with E-state index in [4.69, 9.17) is 4.74 Å². The van der Waals surface area contributed by atoms with Gasteiger partial charge in [-0.1, -0.05) is 24.3 Å². The van der Waals surface area contributed by atoms with E-state index in [1.54, 1.807) is 0 Å². The minimum Gasteiger partial charge on any atom is -0.504 e. The summed E-state index contributed by atoms with van der Waals surface area (Å²) in [6, 6.07) is 6.50. The molecule has 1 aliphatic carbocycles. The molecule has 0 heterocycles. The van der Waals surface area contributed by atoms with Crippen LogP contribution < -0.4 is 0 Å². The van der Waals surface area contributed by atoms with E-state index in [-0.39, 0.29) is 16.7 Å². The number of allylic oxidation sites excluding steroid dienone is 1. The molecular weight excluding hydrogens is 548 g/mol. The van der Waals surface area contributed by atoms with Gasteiger partial charge < -0.3 is 45.6 Å². The monoisotopic (exact) mass is 572 g/mol. The molecule has 5 atom stereocenters. The number of benzene rings is 2. The minimum absolute atomic E-state index is 0.0744. The Labute approximate surface area is 230 Å². The Morgan fingerprint density at radius 1 is 0.780 bits per heavy atom. The Morgan fingerprint density at radius 3 is 1.90 bits per heavy atom. The van der Waals surface area contributed by atoms with Crippen LogP contribution in [0.15, 0.2) is 60.2 Å². The molecule has 0 aliphatic heterocycles. The lowest BCUT2D eigenvalue weighted by atomic mass is 9.64. The zero-order chi connectivity index (χ0) is 30.6. The fraction of sp³-hybridized carbons (Fsp3) is 0.222. The predicted molar refractivity (Wildman–Crippen MR) is 134 cm³/mol. The maximum absolute atomic E-state index is 12.5. The molecule has 0 saturated carbocycles. The molecule has 14 heteroatoms. The van der Waals surface area contributed by atoms with Gasteiger partial charge in [0.1, 0.15) is 0 Å². The van der Waals surface area contributed by atoms with Crippen molar-refractivity contribution < 1.29 is 69.6 Å². The molecule has 1 aliphatic rings. The molecule has 2 aromatic rings. The summed E-state index contributed by atoms with van der Waals surface area (Å²) in [5, 5.41) is 77.6. The van der Waals surface area contributed by atoms with Crippen LogP contribution >= 0.6 is 0 Å². The molecule has 0 spiro atoms. The van der Waals surface area contributed by atoms with E-state index in [9.17, 15) is 64.8 Å². The van der Waals surface area contributed by atoms with E-state index >= 15 is 0 Å². The molecule has 0 bridgehead atoms. The summed E-state index contributed by atoms with van der Waals surface area (Å²) < 4.78 is 4.91. The number of phenols is 4. The van der Waals surface area contributed by atoms with E-state index in [0.717, 1.165) is 42.5 Å². The van der Waals surface area contributed by atoms with Crippen molar-refractivity contribution in [3.63, 3.8) is 0 Å². The summed E-state index contributed by atoms with van der Waals surface area (Å²) in [5.41, 5.74) is -0.274. The maximum atomic E-state index is 12.5. The van der Waals surface area contributed by atoms with Gasteiger partial charge in [-0.2, -0.15) is 0 Å². The zero-order valence-corrected chi connectivity index (χ0v) is 20.8. The normalized spacial score (nSPS) is 21.0. The molecule has 0 aromatic heterocycles. The van der Waals surface area contributed by atoms with Crippen LogP contribution in [0, 0.1) is 17.8 Å². The number of hydrogen-bond donors (Lipinski definition) is 8. The average Bonchev–Trinajstić information content (AvgIpc) is 2.89. The van der Waals surface area contributed by atoms with Gasteiger partial charge in [0.05, 0.1) is 17.8 Å². The van der Waals surface area contributed by atoms with Gasteiger partial charge in [-0.15, -0.1) is 0 Å². The highest BCUT2D eigenvalue weighted by Crippen LogP contribution is 2.46. The van der Waals surface area contributed by atoms with Crippen LogP contribution in [-0.2, 0) is 35.1 Å². The highest BCUT2D eigenvalue weighted by atomic mass is 16.6. The Balaban J connectivity index is 1.96. The highest BCUT2D eigenvalue weighted by molar-refractivity contribution is 5.89. The topological polar surface area (TPSA) is 256 Å². The van der Waals surface area contributed by atoms with Gasteiger partial charge in [-0.05, 0) is 41.0 Å². The van der Waals surface area contributed by atoms with Crippen LogP contribution in [0.5, 0.6) is 23.0 Å². The second-order valence-electron chi connectivity index (χ2n) is 9.11. The van der Waals surface area contributed by atoms with E-state index in [2.05, 4.69) is 0 Å². The third-order valence-electron chi connectivity index (χ3n) is 6.49. The van der Waals surface area contributed by atoms with Crippen LogP contribution in [0.3, 0.4) is 0 Å². The number of rotatable bonds is 10. The van der Waals surface area contributed by atoms with Crippen LogP contribution in [0.2, 0.25) is 0 Å². The molecule has 0 amide bonds. The first kappa shape index (κ1) is 30.0. The molecule has 0 fully saturated rings. The van der Waals surface area contributed by atoms with E-state index in [1.807, 2.05) is 0 Å². The molecule has 0 saturated heterocycles. The van der Waals surface area contributed by atoms with E-state index < -0.39 is 89.0 Å².